The van der Waals surface area contributed by atoms with Crippen molar-refractivity contribution in [1.82, 2.24) is 9.88 Å². The van der Waals surface area contributed by atoms with Crippen LogP contribution in [0, 0.1) is 6.92 Å². The van der Waals surface area contributed by atoms with Gasteiger partial charge in [-0.15, -0.1) is 0 Å². The second kappa shape index (κ2) is 9.13. The highest BCUT2D eigenvalue weighted by molar-refractivity contribution is 5.96. The zero-order valence-electron chi connectivity index (χ0n) is 18.3. The average molecular weight is 417 g/mol. The fourth-order valence-corrected chi connectivity index (χ4v) is 4.02. The van der Waals surface area contributed by atoms with Crippen LogP contribution in [0.2, 0.25) is 0 Å². The Morgan fingerprint density at radius 1 is 1.23 bits per heavy atom. The van der Waals surface area contributed by atoms with Crippen molar-refractivity contribution in [2.24, 2.45) is 0 Å². The molecule has 0 spiro atoms. The van der Waals surface area contributed by atoms with Crippen molar-refractivity contribution in [3.8, 4) is 11.5 Å². The number of carbonyl (C=O) groups is 1. The van der Waals surface area contributed by atoms with E-state index in [0.29, 0.717) is 31.2 Å². The molecule has 0 radical (unpaired) electrons. The highest BCUT2D eigenvalue weighted by atomic mass is 16.5. The summed E-state index contributed by atoms with van der Waals surface area (Å²) in [5.74, 6) is 1.38. The van der Waals surface area contributed by atoms with E-state index in [1.165, 1.54) is 27.6 Å². The summed E-state index contributed by atoms with van der Waals surface area (Å²) in [5.41, 5.74) is 5.86. The molecule has 0 fully saturated rings. The Bertz CT molecular complexity index is 1160. The first kappa shape index (κ1) is 20.8. The first-order chi connectivity index (χ1) is 15.1. The van der Waals surface area contributed by atoms with E-state index in [-0.39, 0.29) is 5.91 Å². The van der Waals surface area contributed by atoms with Crippen LogP contribution in [0.3, 0.4) is 0 Å². The molecule has 160 valence electrons. The Labute approximate surface area is 183 Å². The van der Waals surface area contributed by atoms with E-state index in [2.05, 4.69) is 42.4 Å². The lowest BCUT2D eigenvalue weighted by Crippen LogP contribution is -2.33. The Morgan fingerprint density at radius 2 is 2.10 bits per heavy atom. The van der Waals surface area contributed by atoms with E-state index in [0.717, 1.165) is 12.0 Å². The normalized spacial score (nSPS) is 14.2. The van der Waals surface area contributed by atoms with Crippen LogP contribution in [-0.2, 0) is 4.79 Å². The monoisotopic (exact) mass is 416 g/mol. The first-order valence-corrected chi connectivity index (χ1v) is 10.6. The zero-order chi connectivity index (χ0) is 21.8. The van der Waals surface area contributed by atoms with Crippen molar-refractivity contribution in [2.45, 2.75) is 20.3 Å². The van der Waals surface area contributed by atoms with Gasteiger partial charge in [-0.05, 0) is 55.2 Å². The van der Waals surface area contributed by atoms with Gasteiger partial charge in [0.2, 0.25) is 5.91 Å². The van der Waals surface area contributed by atoms with Gasteiger partial charge in [-0.1, -0.05) is 30.3 Å². The van der Waals surface area contributed by atoms with Crippen LogP contribution in [0.5, 0.6) is 11.5 Å². The number of para-hydroxylation sites is 1. The predicted molar refractivity (Wildman–Crippen MR) is 125 cm³/mol. The lowest BCUT2D eigenvalue weighted by Gasteiger charge is -2.25. The molecule has 0 atom stereocenters. The number of aryl methyl sites for hydroxylation is 1. The van der Waals surface area contributed by atoms with Gasteiger partial charge in [0.05, 0.1) is 13.7 Å². The van der Waals surface area contributed by atoms with Crippen LogP contribution in [0.15, 0.2) is 54.7 Å². The van der Waals surface area contributed by atoms with Crippen molar-refractivity contribution in [2.75, 3.05) is 26.8 Å². The van der Waals surface area contributed by atoms with Crippen LogP contribution >= 0.6 is 0 Å². The largest absolute Gasteiger partial charge is 0.493 e. The minimum Gasteiger partial charge on any atom is -0.493 e. The predicted octanol–water partition coefficient (Wildman–Crippen LogP) is 5.21. The quantitative estimate of drug-likeness (QED) is 0.561. The Hall–Kier alpha value is -3.47. The number of methoxy groups -OCH3 is 1. The summed E-state index contributed by atoms with van der Waals surface area (Å²) in [7, 11) is 1.61. The summed E-state index contributed by atoms with van der Waals surface area (Å²) in [6.45, 7) is 5.95. The molecule has 5 heteroatoms. The molecule has 31 heavy (non-hydrogen) atoms. The highest BCUT2D eigenvalue weighted by Gasteiger charge is 2.18. The molecule has 1 N–H and O–H groups in total. The molecule has 1 aliphatic heterocycles. The van der Waals surface area contributed by atoms with Gasteiger partial charge in [-0.2, -0.15) is 0 Å². The molecule has 0 saturated carbocycles. The molecule has 0 aliphatic carbocycles. The lowest BCUT2D eigenvalue weighted by atomic mass is 9.98. The number of fused-ring (bicyclic) bond motifs is 1. The molecule has 4 rings (SSSR count). The van der Waals surface area contributed by atoms with Gasteiger partial charge in [0.25, 0.3) is 0 Å². The number of aromatic nitrogens is 1. The van der Waals surface area contributed by atoms with Gasteiger partial charge in [0.15, 0.2) is 11.5 Å². The number of hydrogen-bond donors (Lipinski definition) is 1. The minimum atomic E-state index is 0.0120. The number of carbonyl (C=O) groups excluding carboxylic acids is 1. The number of H-pyrrole nitrogens is 1. The molecule has 0 bridgehead atoms. The number of aromatic amines is 1. The van der Waals surface area contributed by atoms with Gasteiger partial charge >= 0.3 is 0 Å². The third-order valence-corrected chi connectivity index (χ3v) is 5.70. The molecule has 1 aliphatic rings. The average Bonchev–Trinajstić information content (AvgIpc) is 3.24. The fraction of sp³-hybridized carbons (Fsp3) is 0.269. The SMILES string of the molecule is CCOc1ccc(/C=C/C(=O)N2CC=C(c3c[nH]c4c(C)cccc34)CC2)cc1OC. The second-order valence-electron chi connectivity index (χ2n) is 7.64. The van der Waals surface area contributed by atoms with Crippen LogP contribution in [0.1, 0.15) is 30.0 Å². The topological polar surface area (TPSA) is 54.6 Å². The van der Waals surface area contributed by atoms with E-state index in [4.69, 9.17) is 9.47 Å². The number of nitrogens with zero attached hydrogens (tertiary/aromatic N) is 1. The number of benzene rings is 2. The number of amides is 1. The minimum absolute atomic E-state index is 0.0120. The molecule has 2 aromatic carbocycles. The molecule has 3 aromatic rings. The third-order valence-electron chi connectivity index (χ3n) is 5.70. The molecule has 0 saturated heterocycles. The van der Waals surface area contributed by atoms with Gasteiger partial charge in [0.1, 0.15) is 0 Å². The molecule has 1 aromatic heterocycles. The van der Waals surface area contributed by atoms with Crippen molar-refractivity contribution < 1.29 is 14.3 Å². The van der Waals surface area contributed by atoms with Crippen molar-refractivity contribution >= 4 is 28.5 Å². The zero-order valence-corrected chi connectivity index (χ0v) is 18.3. The smallest absolute Gasteiger partial charge is 0.246 e. The third kappa shape index (κ3) is 4.36. The maximum atomic E-state index is 12.7. The van der Waals surface area contributed by atoms with Crippen molar-refractivity contribution in [3.63, 3.8) is 0 Å². The molecule has 0 unspecified atom stereocenters. The highest BCUT2D eigenvalue weighted by Crippen LogP contribution is 2.31. The van der Waals surface area contributed by atoms with E-state index < -0.39 is 0 Å². The standard InChI is InChI=1S/C26H28N2O3/c1-4-31-23-10-8-19(16-24(23)30-3)9-11-25(29)28-14-12-20(13-15-28)22-17-27-26-18(2)6-5-7-21(22)26/h5-12,16-17,27H,4,13-15H2,1-3H3/b11-9+. The van der Waals surface area contributed by atoms with E-state index in [1.54, 1.807) is 13.2 Å². The summed E-state index contributed by atoms with van der Waals surface area (Å²) in [5, 5.41) is 1.25. The van der Waals surface area contributed by atoms with Crippen LogP contribution < -0.4 is 9.47 Å². The van der Waals surface area contributed by atoms with E-state index in [1.807, 2.05) is 36.1 Å². The molecule has 2 heterocycles. The summed E-state index contributed by atoms with van der Waals surface area (Å²) >= 11 is 0. The summed E-state index contributed by atoms with van der Waals surface area (Å²) in [4.78, 5) is 18.0. The van der Waals surface area contributed by atoms with Crippen LogP contribution in [-0.4, -0.2) is 42.6 Å². The summed E-state index contributed by atoms with van der Waals surface area (Å²) in [6.07, 6.45) is 8.54. The van der Waals surface area contributed by atoms with E-state index >= 15 is 0 Å². The lowest BCUT2D eigenvalue weighted by molar-refractivity contribution is -0.125. The number of hydrogen-bond acceptors (Lipinski definition) is 3. The summed E-state index contributed by atoms with van der Waals surface area (Å²) in [6, 6.07) is 12.0. The fourth-order valence-electron chi connectivity index (χ4n) is 4.02. The Kier molecular flexibility index (Phi) is 6.12. The van der Waals surface area contributed by atoms with Crippen molar-refractivity contribution in [3.05, 3.63) is 71.4 Å². The number of ether oxygens (including phenoxy) is 2. The van der Waals surface area contributed by atoms with Gasteiger partial charge < -0.3 is 19.4 Å². The number of rotatable bonds is 6. The molecular weight excluding hydrogens is 388 g/mol. The maximum Gasteiger partial charge on any atom is 0.246 e. The van der Waals surface area contributed by atoms with Gasteiger partial charge in [-0.3, -0.25) is 4.79 Å². The van der Waals surface area contributed by atoms with Gasteiger partial charge in [0, 0.05) is 41.8 Å². The number of nitrogens with one attached hydrogen (secondary N) is 1. The molecule has 1 amide bonds. The van der Waals surface area contributed by atoms with Gasteiger partial charge in [-0.25, -0.2) is 0 Å². The first-order valence-electron chi connectivity index (χ1n) is 10.6. The summed E-state index contributed by atoms with van der Waals surface area (Å²) < 4.78 is 10.9. The Balaban J connectivity index is 1.44. The molecular formula is C26H28N2O3. The van der Waals surface area contributed by atoms with Crippen molar-refractivity contribution in [1.29, 1.82) is 0 Å². The van der Waals surface area contributed by atoms with Crippen LogP contribution in [0.4, 0.5) is 0 Å². The second-order valence-corrected chi connectivity index (χ2v) is 7.64. The Morgan fingerprint density at radius 3 is 2.84 bits per heavy atom. The van der Waals surface area contributed by atoms with Crippen LogP contribution in [0.25, 0.3) is 22.6 Å². The maximum absolute atomic E-state index is 12.7. The van der Waals surface area contributed by atoms with E-state index in [9.17, 15) is 4.79 Å². The molecule has 5 nitrogen and oxygen atoms in total.